The Bertz CT molecular complexity index is 3230. The Balaban J connectivity index is 1.13. The molecule has 0 saturated carbocycles. The van der Waals surface area contributed by atoms with Crippen LogP contribution in [-0.2, 0) is 5.41 Å². The average Bonchev–Trinajstić information content (AvgIpc) is 3.58. The molecule has 0 aliphatic heterocycles. The van der Waals surface area contributed by atoms with E-state index in [4.69, 9.17) is 0 Å². The molecular formula is C61H45N. The van der Waals surface area contributed by atoms with Crippen molar-refractivity contribution in [2.75, 3.05) is 4.90 Å². The average molecular weight is 792 g/mol. The predicted molar refractivity (Wildman–Crippen MR) is 263 cm³/mol. The first-order chi connectivity index (χ1) is 30.5. The summed E-state index contributed by atoms with van der Waals surface area (Å²) in [5.41, 5.74) is 20.6. The maximum absolute atomic E-state index is 2.46. The highest BCUT2D eigenvalue weighted by Crippen LogP contribution is 2.54. The zero-order valence-corrected chi connectivity index (χ0v) is 35.0. The molecule has 62 heavy (non-hydrogen) atoms. The van der Waals surface area contributed by atoms with Crippen LogP contribution in [-0.4, -0.2) is 0 Å². The van der Waals surface area contributed by atoms with Crippen LogP contribution < -0.4 is 4.90 Å². The SMILES string of the molecule is CC1(C)c2ccccc2-c2c(-c3ccccc3N(c3ccc(-c4cccc5cccc(-c6ccccc6)c45)cc3)c3ccc(-c4ccccc4)c(-c4ccccc4)c3)cccc21. The van der Waals surface area contributed by atoms with E-state index in [1.807, 2.05) is 0 Å². The van der Waals surface area contributed by atoms with Crippen molar-refractivity contribution in [2.24, 2.45) is 0 Å². The van der Waals surface area contributed by atoms with Gasteiger partial charge in [-0.3, -0.25) is 0 Å². The molecule has 0 saturated heterocycles. The maximum Gasteiger partial charge on any atom is 0.0540 e. The van der Waals surface area contributed by atoms with Crippen molar-refractivity contribution >= 4 is 27.8 Å². The number of hydrogen-bond donors (Lipinski definition) is 0. The lowest BCUT2D eigenvalue weighted by atomic mass is 9.82. The summed E-state index contributed by atoms with van der Waals surface area (Å²) < 4.78 is 0. The molecule has 1 aliphatic rings. The third kappa shape index (κ3) is 6.33. The largest absolute Gasteiger partial charge is 0.310 e. The highest BCUT2D eigenvalue weighted by atomic mass is 15.1. The van der Waals surface area contributed by atoms with Gasteiger partial charge in [-0.1, -0.05) is 220 Å². The zero-order chi connectivity index (χ0) is 41.6. The second kappa shape index (κ2) is 15.4. The van der Waals surface area contributed by atoms with Gasteiger partial charge >= 0.3 is 0 Å². The van der Waals surface area contributed by atoms with Crippen LogP contribution in [0.1, 0.15) is 25.0 Å². The van der Waals surface area contributed by atoms with Crippen LogP contribution in [0.25, 0.3) is 77.5 Å². The lowest BCUT2D eigenvalue weighted by molar-refractivity contribution is 0.660. The fourth-order valence-corrected chi connectivity index (χ4v) is 9.93. The molecule has 0 N–H and O–H groups in total. The quantitative estimate of drug-likeness (QED) is 0.148. The van der Waals surface area contributed by atoms with Crippen LogP contribution in [0.5, 0.6) is 0 Å². The van der Waals surface area contributed by atoms with E-state index >= 15 is 0 Å². The number of para-hydroxylation sites is 1. The Morgan fingerprint density at radius 3 is 1.44 bits per heavy atom. The standard InChI is InChI=1S/C61H45N/c1-61(2)56-32-14-12-28-54(56)60-53(31-18-33-57(60)61)52-27-13-15-34-58(52)62(48-39-40-49(42-19-6-3-7-20-42)55(41-48)44-23-10-5-11-24-44)47-37-35-45(36-38-47)51-30-17-26-46-25-16-29-50(59(46)51)43-21-8-4-9-22-43/h3-41H,1-2H3. The minimum absolute atomic E-state index is 0.105. The molecule has 0 bridgehead atoms. The van der Waals surface area contributed by atoms with Crippen LogP contribution in [0.3, 0.4) is 0 Å². The predicted octanol–water partition coefficient (Wildman–Crippen LogP) is 17.0. The van der Waals surface area contributed by atoms with Crippen LogP contribution in [0, 0.1) is 0 Å². The van der Waals surface area contributed by atoms with Gasteiger partial charge in [0.1, 0.15) is 0 Å². The van der Waals surface area contributed by atoms with Crippen molar-refractivity contribution in [2.45, 2.75) is 19.3 Å². The maximum atomic E-state index is 2.46. The topological polar surface area (TPSA) is 3.24 Å². The van der Waals surface area contributed by atoms with Crippen molar-refractivity contribution < 1.29 is 0 Å². The van der Waals surface area contributed by atoms with Gasteiger partial charge in [-0.05, 0) is 113 Å². The summed E-state index contributed by atoms with van der Waals surface area (Å²) in [7, 11) is 0. The summed E-state index contributed by atoms with van der Waals surface area (Å²) in [5, 5.41) is 2.50. The van der Waals surface area contributed by atoms with Gasteiger partial charge in [0.25, 0.3) is 0 Å². The van der Waals surface area contributed by atoms with Crippen molar-refractivity contribution in [3.05, 3.63) is 248 Å². The van der Waals surface area contributed by atoms with Gasteiger partial charge in [0.05, 0.1) is 5.69 Å². The molecule has 0 heterocycles. The summed E-state index contributed by atoms with van der Waals surface area (Å²) in [6, 6.07) is 86.6. The van der Waals surface area contributed by atoms with E-state index < -0.39 is 0 Å². The van der Waals surface area contributed by atoms with Gasteiger partial charge in [-0.15, -0.1) is 0 Å². The van der Waals surface area contributed by atoms with Crippen molar-refractivity contribution in [1.82, 2.24) is 0 Å². The van der Waals surface area contributed by atoms with Crippen LogP contribution in [0.4, 0.5) is 17.1 Å². The molecule has 0 aromatic heterocycles. The minimum Gasteiger partial charge on any atom is -0.310 e. The molecule has 1 nitrogen and oxygen atoms in total. The number of rotatable bonds is 8. The van der Waals surface area contributed by atoms with Crippen molar-refractivity contribution in [1.29, 1.82) is 0 Å². The van der Waals surface area contributed by atoms with Gasteiger partial charge in [0.2, 0.25) is 0 Å². The highest BCUT2D eigenvalue weighted by Gasteiger charge is 2.37. The molecule has 1 aliphatic carbocycles. The highest BCUT2D eigenvalue weighted by molar-refractivity contribution is 6.07. The van der Waals surface area contributed by atoms with Gasteiger partial charge in [-0.25, -0.2) is 0 Å². The van der Waals surface area contributed by atoms with E-state index in [0.29, 0.717) is 0 Å². The van der Waals surface area contributed by atoms with Gasteiger partial charge in [-0.2, -0.15) is 0 Å². The minimum atomic E-state index is -0.105. The first-order valence-corrected chi connectivity index (χ1v) is 21.6. The van der Waals surface area contributed by atoms with E-state index in [0.717, 1.165) is 17.1 Å². The third-order valence-electron chi connectivity index (χ3n) is 12.9. The molecule has 0 atom stereocenters. The second-order valence-electron chi connectivity index (χ2n) is 16.8. The van der Waals surface area contributed by atoms with E-state index in [-0.39, 0.29) is 5.41 Å². The monoisotopic (exact) mass is 791 g/mol. The van der Waals surface area contributed by atoms with Gasteiger partial charge in [0, 0.05) is 22.4 Å². The molecular weight excluding hydrogens is 747 g/mol. The molecule has 0 radical (unpaired) electrons. The summed E-state index contributed by atoms with van der Waals surface area (Å²) in [6.45, 7) is 4.72. The Kier molecular flexibility index (Phi) is 9.24. The summed E-state index contributed by atoms with van der Waals surface area (Å²) in [6.07, 6.45) is 0. The fourth-order valence-electron chi connectivity index (χ4n) is 9.93. The second-order valence-corrected chi connectivity index (χ2v) is 16.8. The molecule has 11 rings (SSSR count). The van der Waals surface area contributed by atoms with Crippen LogP contribution in [0.15, 0.2) is 237 Å². The molecule has 0 spiro atoms. The van der Waals surface area contributed by atoms with Crippen molar-refractivity contribution in [3.63, 3.8) is 0 Å². The Morgan fingerprint density at radius 1 is 0.306 bits per heavy atom. The van der Waals surface area contributed by atoms with Crippen LogP contribution >= 0.6 is 0 Å². The molecule has 294 valence electrons. The normalized spacial score (nSPS) is 12.5. The summed E-state index contributed by atoms with van der Waals surface area (Å²) in [5.74, 6) is 0. The lowest BCUT2D eigenvalue weighted by Crippen LogP contribution is -2.15. The number of fused-ring (bicyclic) bond motifs is 4. The molecule has 10 aromatic rings. The third-order valence-corrected chi connectivity index (χ3v) is 12.9. The first kappa shape index (κ1) is 37.3. The van der Waals surface area contributed by atoms with E-state index in [2.05, 4.69) is 255 Å². The molecule has 10 aromatic carbocycles. The summed E-state index contributed by atoms with van der Waals surface area (Å²) >= 11 is 0. The summed E-state index contributed by atoms with van der Waals surface area (Å²) in [4.78, 5) is 2.46. The first-order valence-electron chi connectivity index (χ1n) is 21.6. The zero-order valence-electron chi connectivity index (χ0n) is 35.0. The Hall–Kier alpha value is -7.74. The molecule has 1 heteroatoms. The number of benzene rings is 10. The van der Waals surface area contributed by atoms with Gasteiger partial charge < -0.3 is 4.90 Å². The van der Waals surface area contributed by atoms with E-state index in [1.54, 1.807) is 0 Å². The Morgan fingerprint density at radius 2 is 0.774 bits per heavy atom. The number of nitrogens with zero attached hydrogens (tertiary/aromatic N) is 1. The van der Waals surface area contributed by atoms with E-state index in [9.17, 15) is 0 Å². The van der Waals surface area contributed by atoms with E-state index in [1.165, 1.54) is 88.7 Å². The van der Waals surface area contributed by atoms with Crippen molar-refractivity contribution in [3.8, 4) is 66.8 Å². The van der Waals surface area contributed by atoms with Gasteiger partial charge in [0.15, 0.2) is 0 Å². The Labute approximate surface area is 364 Å². The smallest absolute Gasteiger partial charge is 0.0540 e. The number of anilines is 3. The fraction of sp³-hybridized carbons (Fsp3) is 0.0492. The molecule has 0 amide bonds. The lowest BCUT2D eigenvalue weighted by Gasteiger charge is -2.30. The molecule has 0 fully saturated rings. The number of hydrogen-bond acceptors (Lipinski definition) is 1. The van der Waals surface area contributed by atoms with Crippen LogP contribution in [0.2, 0.25) is 0 Å². The molecule has 0 unspecified atom stereocenters.